The summed E-state index contributed by atoms with van der Waals surface area (Å²) in [4.78, 5) is 28.5. The molecule has 0 aliphatic carbocycles. The molecule has 37 heavy (non-hydrogen) atoms. The van der Waals surface area contributed by atoms with Gasteiger partial charge in [0.25, 0.3) is 5.91 Å². The van der Waals surface area contributed by atoms with Gasteiger partial charge >= 0.3 is 6.09 Å². The highest BCUT2D eigenvalue weighted by Crippen LogP contribution is 2.35. The van der Waals surface area contributed by atoms with Gasteiger partial charge in [0.2, 0.25) is 0 Å². The zero-order valence-corrected chi connectivity index (χ0v) is 21.9. The third-order valence-corrected chi connectivity index (χ3v) is 7.55. The number of hydrogen-bond acceptors (Lipinski definition) is 6. The number of H-pyrrole nitrogens is 1. The molecular weight excluding hydrogens is 486 g/mol. The molecule has 2 aromatic heterocycles. The molecule has 8 nitrogen and oxygen atoms in total. The lowest BCUT2D eigenvalue weighted by Crippen LogP contribution is -2.42. The van der Waals surface area contributed by atoms with E-state index in [2.05, 4.69) is 25.7 Å². The molecule has 0 unspecified atom stereocenters. The molecule has 9 heteroatoms. The van der Waals surface area contributed by atoms with E-state index in [0.717, 1.165) is 25.2 Å². The maximum absolute atomic E-state index is 12.9. The number of carbonyl (C=O) groups excluding carboxylic acids is 2. The van der Waals surface area contributed by atoms with Crippen molar-refractivity contribution < 1.29 is 14.3 Å². The van der Waals surface area contributed by atoms with E-state index < -0.39 is 11.6 Å². The van der Waals surface area contributed by atoms with Gasteiger partial charge in [0.1, 0.15) is 5.82 Å². The van der Waals surface area contributed by atoms with Crippen LogP contribution in [0, 0.1) is 0 Å². The molecule has 0 spiro atoms. The second-order valence-electron chi connectivity index (χ2n) is 9.88. The summed E-state index contributed by atoms with van der Waals surface area (Å²) in [5, 5.41) is 14.0. The van der Waals surface area contributed by atoms with Gasteiger partial charge < -0.3 is 15.4 Å². The lowest BCUT2D eigenvalue weighted by atomic mass is 9.95. The van der Waals surface area contributed by atoms with Crippen LogP contribution < -0.4 is 15.4 Å². The van der Waals surface area contributed by atoms with Crippen LogP contribution in [0.3, 0.4) is 0 Å². The van der Waals surface area contributed by atoms with Crippen molar-refractivity contribution in [1.29, 1.82) is 0 Å². The van der Waals surface area contributed by atoms with Crippen LogP contribution in [0.2, 0.25) is 0 Å². The summed E-state index contributed by atoms with van der Waals surface area (Å²) < 4.78 is 5.53. The Balaban J connectivity index is 1.20. The van der Waals surface area contributed by atoms with Crippen molar-refractivity contribution in [2.45, 2.75) is 45.2 Å². The number of thiophene rings is 1. The van der Waals surface area contributed by atoms with Crippen LogP contribution >= 0.6 is 11.3 Å². The Morgan fingerprint density at radius 3 is 2.51 bits per heavy atom. The quantitative estimate of drug-likeness (QED) is 0.284. The summed E-state index contributed by atoms with van der Waals surface area (Å²) in [7, 11) is 0. The predicted molar refractivity (Wildman–Crippen MR) is 146 cm³/mol. The van der Waals surface area contributed by atoms with Gasteiger partial charge in [0, 0.05) is 18.2 Å². The Hall–Kier alpha value is -3.69. The van der Waals surface area contributed by atoms with E-state index in [4.69, 9.17) is 4.74 Å². The van der Waals surface area contributed by atoms with Gasteiger partial charge in [-0.2, -0.15) is 5.10 Å². The lowest BCUT2D eigenvalue weighted by Gasteiger charge is -2.26. The van der Waals surface area contributed by atoms with E-state index in [1.807, 2.05) is 68.4 Å². The number of anilines is 1. The molecule has 3 N–H and O–H groups in total. The van der Waals surface area contributed by atoms with E-state index in [0.29, 0.717) is 26.7 Å². The number of nitrogens with one attached hydrogen (secondary N) is 3. The maximum Gasteiger partial charge on any atom is 0.414 e. The number of fused-ring (bicyclic) bond motifs is 1. The van der Waals surface area contributed by atoms with Crippen molar-refractivity contribution >= 4 is 39.4 Å². The minimum absolute atomic E-state index is 0.230. The molecular formula is C28H31N5O3S. The normalized spacial score (nSPS) is 14.4. The van der Waals surface area contributed by atoms with Crippen LogP contribution in [0.15, 0.2) is 60.7 Å². The summed E-state index contributed by atoms with van der Waals surface area (Å²) in [5.74, 6) is 0.236. The van der Waals surface area contributed by atoms with Crippen LogP contribution in [0.5, 0.6) is 5.06 Å². The highest BCUT2D eigenvalue weighted by Gasteiger charge is 2.24. The van der Waals surface area contributed by atoms with Crippen LogP contribution in [0.1, 0.15) is 54.6 Å². The minimum Gasteiger partial charge on any atom is -0.399 e. The summed E-state index contributed by atoms with van der Waals surface area (Å²) in [5.41, 5.74) is 2.14. The molecule has 1 aliphatic rings. The van der Waals surface area contributed by atoms with Crippen LogP contribution in [0.4, 0.5) is 10.6 Å². The van der Waals surface area contributed by atoms with Crippen molar-refractivity contribution in [3.05, 3.63) is 77.4 Å². The molecule has 3 heterocycles. The van der Waals surface area contributed by atoms with E-state index in [9.17, 15) is 9.59 Å². The lowest BCUT2D eigenvalue weighted by molar-refractivity contribution is 0.102. The standard InChI is InChI=1S/C28H31N5O3S/c1-28(2,21-9-5-3-6-10-21)30-27(35)36-23-17-22-24(31-32-26(22)37-23)29-25(34)20-13-11-19(12-14-20)18-33-15-7-4-8-16-33/h3,5-6,9-14,17H,4,7-8,15-16,18H2,1-2H3,(H,30,35)(H2,29,31,32,34). The van der Waals surface area contributed by atoms with Crippen LogP contribution in [0.25, 0.3) is 10.2 Å². The number of nitrogens with zero attached hydrogens (tertiary/aromatic N) is 2. The van der Waals surface area contributed by atoms with Crippen molar-refractivity contribution in [3.8, 4) is 5.06 Å². The number of ether oxygens (including phenoxy) is 1. The first-order valence-corrected chi connectivity index (χ1v) is 13.4. The molecule has 2 amide bonds. The first kappa shape index (κ1) is 25.0. The third-order valence-electron chi connectivity index (χ3n) is 6.64. The SMILES string of the molecule is CC(C)(NC(=O)Oc1cc2c(NC(=O)c3ccc(CN4CCCCC4)cc3)[nH]nc2s1)c1ccccc1. The zero-order valence-electron chi connectivity index (χ0n) is 21.0. The van der Waals surface area contributed by atoms with Crippen molar-refractivity contribution in [2.24, 2.45) is 0 Å². The number of benzene rings is 2. The number of likely N-dealkylation sites (tertiary alicyclic amines) is 1. The molecule has 1 saturated heterocycles. The number of piperidine rings is 1. The number of rotatable bonds is 7. The fraction of sp³-hybridized carbons (Fsp3) is 0.321. The van der Waals surface area contributed by atoms with E-state index >= 15 is 0 Å². The molecule has 0 bridgehead atoms. The average molecular weight is 518 g/mol. The van der Waals surface area contributed by atoms with Crippen molar-refractivity contribution in [2.75, 3.05) is 18.4 Å². The number of carbonyl (C=O) groups is 2. The molecule has 1 aliphatic heterocycles. The topological polar surface area (TPSA) is 99.4 Å². The monoisotopic (exact) mass is 517 g/mol. The van der Waals surface area contributed by atoms with E-state index in [1.165, 1.54) is 36.2 Å². The Bertz CT molecular complexity index is 1370. The van der Waals surface area contributed by atoms with Gasteiger partial charge in [-0.05, 0) is 63.0 Å². The van der Waals surface area contributed by atoms with Gasteiger partial charge in [-0.15, -0.1) is 0 Å². The number of aromatic nitrogens is 2. The highest BCUT2D eigenvalue weighted by molar-refractivity contribution is 7.20. The number of amides is 2. The molecule has 1 fully saturated rings. The predicted octanol–water partition coefficient (Wildman–Crippen LogP) is 5.89. The summed E-state index contributed by atoms with van der Waals surface area (Å²) in [6.07, 6.45) is 3.26. The van der Waals surface area contributed by atoms with Crippen molar-refractivity contribution in [3.63, 3.8) is 0 Å². The average Bonchev–Trinajstić information content (AvgIpc) is 3.46. The minimum atomic E-state index is -0.598. The highest BCUT2D eigenvalue weighted by atomic mass is 32.1. The smallest absolute Gasteiger partial charge is 0.399 e. The molecule has 2 aromatic carbocycles. The van der Waals surface area contributed by atoms with Crippen LogP contribution in [-0.2, 0) is 12.1 Å². The Labute approximate surface area is 220 Å². The number of aromatic amines is 1. The van der Waals surface area contributed by atoms with Gasteiger partial charge in [-0.3, -0.25) is 14.8 Å². The first-order valence-electron chi connectivity index (χ1n) is 12.5. The van der Waals surface area contributed by atoms with Gasteiger partial charge in [0.05, 0.1) is 10.9 Å². The molecule has 4 aromatic rings. The Morgan fingerprint density at radius 1 is 1.05 bits per heavy atom. The molecule has 5 rings (SSSR count). The molecule has 0 atom stereocenters. The second-order valence-corrected chi connectivity index (χ2v) is 10.9. The van der Waals surface area contributed by atoms with E-state index in [1.54, 1.807) is 6.07 Å². The summed E-state index contributed by atoms with van der Waals surface area (Å²) >= 11 is 1.23. The number of hydrogen-bond donors (Lipinski definition) is 3. The Morgan fingerprint density at radius 2 is 1.78 bits per heavy atom. The molecule has 0 saturated carbocycles. The first-order chi connectivity index (χ1) is 17.9. The fourth-order valence-corrected chi connectivity index (χ4v) is 5.40. The van der Waals surface area contributed by atoms with Gasteiger partial charge in [0.15, 0.2) is 9.89 Å². The van der Waals surface area contributed by atoms with Crippen LogP contribution in [-0.4, -0.2) is 40.2 Å². The fourth-order valence-electron chi connectivity index (χ4n) is 4.56. The van der Waals surface area contributed by atoms with Gasteiger partial charge in [-0.25, -0.2) is 4.79 Å². The summed E-state index contributed by atoms with van der Waals surface area (Å²) in [6, 6.07) is 19.1. The largest absolute Gasteiger partial charge is 0.414 e. The maximum atomic E-state index is 12.9. The van der Waals surface area contributed by atoms with Gasteiger partial charge in [-0.1, -0.05) is 60.2 Å². The molecule has 0 radical (unpaired) electrons. The molecule has 192 valence electrons. The zero-order chi connectivity index (χ0) is 25.8. The van der Waals surface area contributed by atoms with E-state index in [-0.39, 0.29) is 5.91 Å². The van der Waals surface area contributed by atoms with Crippen molar-refractivity contribution in [1.82, 2.24) is 20.4 Å². The second kappa shape index (κ2) is 10.7. The summed E-state index contributed by atoms with van der Waals surface area (Å²) in [6.45, 7) is 7.02. The third kappa shape index (κ3) is 6.00. The Kier molecular flexibility index (Phi) is 7.25.